The summed E-state index contributed by atoms with van der Waals surface area (Å²) in [5, 5.41) is -1.07. The highest BCUT2D eigenvalue weighted by molar-refractivity contribution is 7.92. The highest BCUT2D eigenvalue weighted by Gasteiger charge is 2.52. The van der Waals surface area contributed by atoms with Crippen molar-refractivity contribution in [3.63, 3.8) is 0 Å². The van der Waals surface area contributed by atoms with Crippen molar-refractivity contribution < 1.29 is 21.6 Å². The van der Waals surface area contributed by atoms with Gasteiger partial charge in [0, 0.05) is 30.6 Å². The van der Waals surface area contributed by atoms with E-state index in [1.807, 2.05) is 18.8 Å². The van der Waals surface area contributed by atoms with Crippen LogP contribution in [-0.2, 0) is 10.0 Å². The van der Waals surface area contributed by atoms with Crippen molar-refractivity contribution in [2.75, 3.05) is 36.8 Å². The Morgan fingerprint density at radius 2 is 1.91 bits per heavy atom. The van der Waals surface area contributed by atoms with Crippen LogP contribution in [0.4, 0.5) is 24.7 Å². The van der Waals surface area contributed by atoms with Crippen LogP contribution in [0.2, 0.25) is 10.2 Å². The normalized spacial score (nSPS) is 23.1. The Morgan fingerprint density at radius 1 is 1.19 bits per heavy atom. The third-order valence-electron chi connectivity index (χ3n) is 6.38. The van der Waals surface area contributed by atoms with Gasteiger partial charge in [0.05, 0.1) is 5.69 Å². The molecule has 1 aromatic carbocycles. The number of nitrogens with one attached hydrogen (secondary N) is 1. The molecule has 32 heavy (non-hydrogen) atoms. The maximum Gasteiger partial charge on any atom is 0.268 e. The van der Waals surface area contributed by atoms with Gasteiger partial charge in [0.25, 0.3) is 10.0 Å². The highest BCUT2D eigenvalue weighted by atomic mass is 35.5. The van der Waals surface area contributed by atoms with Gasteiger partial charge in [0.2, 0.25) is 0 Å². The summed E-state index contributed by atoms with van der Waals surface area (Å²) in [6, 6.07) is 3.17. The fourth-order valence-corrected chi connectivity index (χ4v) is 6.39. The SMILES string of the molecule is CN(C)[C@H]1CC[C@@]12CCN(c1cc(F)c(S(=O)(=O)Nc3ccc(F)c(Cl)n3)c(F)c1Cl)C2. The lowest BCUT2D eigenvalue weighted by Crippen LogP contribution is -2.54. The molecule has 1 N–H and O–H groups in total. The number of benzene rings is 1. The van der Waals surface area contributed by atoms with Gasteiger partial charge < -0.3 is 9.80 Å². The van der Waals surface area contributed by atoms with Crippen molar-refractivity contribution >= 4 is 44.7 Å². The molecule has 2 aromatic rings. The zero-order valence-corrected chi connectivity index (χ0v) is 19.6. The van der Waals surface area contributed by atoms with Crippen molar-refractivity contribution in [2.45, 2.75) is 30.2 Å². The summed E-state index contributed by atoms with van der Waals surface area (Å²) in [6.07, 6.45) is 2.92. The first-order valence-electron chi connectivity index (χ1n) is 9.89. The van der Waals surface area contributed by atoms with Crippen LogP contribution >= 0.6 is 23.2 Å². The standard InChI is InChI=1S/C20H21Cl2F3N4O2S/c1-28(2)14-5-6-20(14)7-8-29(10-20)13-9-12(24)18(17(25)16(13)21)32(30,31)27-15-4-3-11(23)19(22)26-15/h3-4,9,14H,5-8,10H2,1-2H3,(H,26,27)/t14-,20-/m0/s1. The van der Waals surface area contributed by atoms with E-state index in [-0.39, 0.29) is 11.1 Å². The zero-order chi connectivity index (χ0) is 23.4. The van der Waals surface area contributed by atoms with Crippen molar-refractivity contribution in [3.8, 4) is 0 Å². The van der Waals surface area contributed by atoms with Gasteiger partial charge in [-0.25, -0.2) is 26.6 Å². The van der Waals surface area contributed by atoms with E-state index in [9.17, 15) is 17.2 Å². The fourth-order valence-electron chi connectivity index (χ4n) is 4.77. The number of halogens is 5. The molecule has 1 saturated heterocycles. The van der Waals surface area contributed by atoms with E-state index < -0.39 is 48.4 Å². The monoisotopic (exact) mass is 508 g/mol. The quantitative estimate of drug-likeness (QED) is 0.474. The van der Waals surface area contributed by atoms with Crippen molar-refractivity contribution in [3.05, 3.63) is 45.8 Å². The van der Waals surface area contributed by atoms with E-state index in [4.69, 9.17) is 23.2 Å². The lowest BCUT2D eigenvalue weighted by Gasteiger charge is -2.50. The van der Waals surface area contributed by atoms with Gasteiger partial charge in [-0.15, -0.1) is 0 Å². The van der Waals surface area contributed by atoms with Gasteiger partial charge >= 0.3 is 0 Å². The molecule has 1 saturated carbocycles. The average Bonchev–Trinajstić information content (AvgIpc) is 3.13. The first-order chi connectivity index (χ1) is 14.9. The smallest absolute Gasteiger partial charge is 0.268 e. The summed E-state index contributed by atoms with van der Waals surface area (Å²) < 4.78 is 70.5. The molecule has 1 aliphatic heterocycles. The van der Waals surface area contributed by atoms with E-state index in [0.717, 1.165) is 37.5 Å². The molecule has 1 aliphatic carbocycles. The molecule has 0 bridgehead atoms. The van der Waals surface area contributed by atoms with Crippen molar-refractivity contribution in [2.24, 2.45) is 5.41 Å². The number of nitrogens with zero attached hydrogens (tertiary/aromatic N) is 3. The number of anilines is 2. The van der Waals surface area contributed by atoms with Crippen LogP contribution in [0.1, 0.15) is 19.3 Å². The summed E-state index contributed by atoms with van der Waals surface area (Å²) >= 11 is 11.7. The lowest BCUT2D eigenvalue weighted by atomic mass is 9.63. The molecule has 0 unspecified atom stereocenters. The molecule has 6 nitrogen and oxygen atoms in total. The molecule has 0 amide bonds. The van der Waals surface area contributed by atoms with E-state index in [1.165, 1.54) is 0 Å². The number of sulfonamides is 1. The largest absolute Gasteiger partial charge is 0.370 e. The van der Waals surface area contributed by atoms with Crippen LogP contribution in [-0.4, -0.2) is 51.5 Å². The van der Waals surface area contributed by atoms with Gasteiger partial charge in [-0.1, -0.05) is 23.2 Å². The molecule has 2 atom stereocenters. The summed E-state index contributed by atoms with van der Waals surface area (Å²) in [7, 11) is -0.736. The zero-order valence-electron chi connectivity index (χ0n) is 17.3. The second kappa shape index (κ2) is 8.23. The molecule has 1 aromatic heterocycles. The summed E-state index contributed by atoms with van der Waals surface area (Å²) in [5.41, 5.74) is 0.143. The Hall–Kier alpha value is -1.75. The number of aromatic nitrogens is 1. The number of pyridine rings is 1. The van der Waals surface area contributed by atoms with Gasteiger partial charge in [0.1, 0.15) is 16.7 Å². The predicted molar refractivity (Wildman–Crippen MR) is 117 cm³/mol. The minimum Gasteiger partial charge on any atom is -0.370 e. The maximum atomic E-state index is 15.1. The Morgan fingerprint density at radius 3 is 2.50 bits per heavy atom. The van der Waals surface area contributed by atoms with Gasteiger partial charge in [0.15, 0.2) is 21.7 Å². The van der Waals surface area contributed by atoms with Gasteiger partial charge in [-0.05, 0) is 45.5 Å². The molecule has 2 aliphatic rings. The van der Waals surface area contributed by atoms with Crippen LogP contribution in [0.3, 0.4) is 0 Å². The predicted octanol–water partition coefficient (Wildman–Crippen LogP) is 4.53. The van der Waals surface area contributed by atoms with Crippen molar-refractivity contribution in [1.82, 2.24) is 9.88 Å². The maximum absolute atomic E-state index is 15.1. The minimum absolute atomic E-state index is 0.0274. The van der Waals surface area contributed by atoms with Crippen LogP contribution in [0.15, 0.2) is 23.1 Å². The summed E-state index contributed by atoms with van der Waals surface area (Å²) in [5.74, 6) is -3.95. The highest BCUT2D eigenvalue weighted by Crippen LogP contribution is 2.52. The number of hydrogen-bond donors (Lipinski definition) is 1. The summed E-state index contributed by atoms with van der Waals surface area (Å²) in [6.45, 7) is 1.14. The van der Waals surface area contributed by atoms with E-state index in [1.54, 1.807) is 4.90 Å². The molecule has 2 heterocycles. The second-order valence-corrected chi connectivity index (χ2v) is 10.8. The van der Waals surface area contributed by atoms with Crippen LogP contribution in [0.5, 0.6) is 0 Å². The number of hydrogen-bond acceptors (Lipinski definition) is 5. The molecule has 0 radical (unpaired) electrons. The first kappa shape index (κ1) is 23.4. The van der Waals surface area contributed by atoms with Crippen LogP contribution < -0.4 is 9.62 Å². The van der Waals surface area contributed by atoms with Crippen LogP contribution in [0, 0.1) is 22.9 Å². The molecule has 1 spiro atoms. The average molecular weight is 509 g/mol. The topological polar surface area (TPSA) is 65.5 Å². The molecular weight excluding hydrogens is 488 g/mol. The molecule has 2 fully saturated rings. The Bertz CT molecular complexity index is 1180. The van der Waals surface area contributed by atoms with E-state index >= 15 is 4.39 Å². The van der Waals surface area contributed by atoms with Gasteiger partial charge in [-0.3, -0.25) is 4.72 Å². The van der Waals surface area contributed by atoms with E-state index in [0.29, 0.717) is 19.1 Å². The van der Waals surface area contributed by atoms with E-state index in [2.05, 4.69) is 9.88 Å². The molecule has 12 heteroatoms. The first-order valence-corrected chi connectivity index (χ1v) is 12.1. The molecule has 174 valence electrons. The second-order valence-electron chi connectivity index (χ2n) is 8.46. The van der Waals surface area contributed by atoms with Crippen molar-refractivity contribution in [1.29, 1.82) is 0 Å². The lowest BCUT2D eigenvalue weighted by molar-refractivity contribution is 0.0177. The third kappa shape index (κ3) is 3.91. The van der Waals surface area contributed by atoms with Crippen LogP contribution in [0.25, 0.3) is 0 Å². The van der Waals surface area contributed by atoms with Gasteiger partial charge in [-0.2, -0.15) is 0 Å². The third-order valence-corrected chi connectivity index (χ3v) is 8.39. The summed E-state index contributed by atoms with van der Waals surface area (Å²) in [4.78, 5) is 6.23. The molecular formula is C20H21Cl2F3N4O2S. The fraction of sp³-hybridized carbons (Fsp3) is 0.450. The minimum atomic E-state index is -4.76. The Kier molecular flexibility index (Phi) is 6.02. The Labute approximate surface area is 194 Å². The Balaban J connectivity index is 1.64. The number of rotatable bonds is 5. The molecule has 4 rings (SSSR count).